The lowest BCUT2D eigenvalue weighted by molar-refractivity contribution is 0.135. The van der Waals surface area contributed by atoms with Gasteiger partial charge in [0.1, 0.15) is 23.3 Å². The highest BCUT2D eigenvalue weighted by atomic mass is 35.5. The molecular weight excluding hydrogens is 530 g/mol. The Morgan fingerprint density at radius 3 is 2.48 bits per heavy atom. The third kappa shape index (κ3) is 5.33. The van der Waals surface area contributed by atoms with Gasteiger partial charge in [0.2, 0.25) is 0 Å². The van der Waals surface area contributed by atoms with E-state index in [9.17, 15) is 4.79 Å². The van der Waals surface area contributed by atoms with E-state index >= 15 is 0 Å². The van der Waals surface area contributed by atoms with Gasteiger partial charge < -0.3 is 19.2 Å². The van der Waals surface area contributed by atoms with Gasteiger partial charge in [0.25, 0.3) is 0 Å². The zero-order chi connectivity index (χ0) is 27.5. The Labute approximate surface area is 236 Å². The number of hydrogen-bond acceptors (Lipinski definition) is 6. The molecule has 3 heterocycles. The molecule has 10 heteroatoms. The predicted molar refractivity (Wildman–Crippen MR) is 151 cm³/mol. The molecule has 3 aromatic carbocycles. The van der Waals surface area contributed by atoms with E-state index in [2.05, 4.69) is 15.2 Å². The third-order valence-electron chi connectivity index (χ3n) is 7.02. The van der Waals surface area contributed by atoms with Crippen LogP contribution in [0.4, 0.5) is 4.79 Å². The number of aromatic amines is 1. The van der Waals surface area contributed by atoms with Crippen molar-refractivity contribution in [2.24, 2.45) is 0 Å². The molecule has 0 saturated heterocycles. The monoisotopic (exact) mass is 557 g/mol. The number of fused-ring (bicyclic) bond motifs is 3. The van der Waals surface area contributed by atoms with E-state index in [1.807, 2.05) is 42.5 Å². The fourth-order valence-corrected chi connectivity index (χ4v) is 5.28. The van der Waals surface area contributed by atoms with Crippen molar-refractivity contribution in [3.05, 3.63) is 101 Å². The number of carbonyl (C=O) groups excluding carboxylic acids is 1. The highest BCUT2D eigenvalue weighted by molar-refractivity contribution is 6.31. The Morgan fingerprint density at radius 1 is 1.00 bits per heavy atom. The first kappa shape index (κ1) is 25.8. The summed E-state index contributed by atoms with van der Waals surface area (Å²) in [5, 5.41) is 9.97. The van der Waals surface area contributed by atoms with Crippen LogP contribution in [0.2, 0.25) is 5.02 Å². The van der Waals surface area contributed by atoms with Crippen molar-refractivity contribution in [2.75, 3.05) is 20.3 Å². The minimum Gasteiger partial charge on any atom is -0.497 e. The third-order valence-corrected chi connectivity index (χ3v) is 7.26. The second-order valence-corrected chi connectivity index (χ2v) is 9.93. The summed E-state index contributed by atoms with van der Waals surface area (Å²) in [6.45, 7) is 1.72. The van der Waals surface area contributed by atoms with Crippen molar-refractivity contribution in [1.82, 2.24) is 24.9 Å². The van der Waals surface area contributed by atoms with Gasteiger partial charge in [-0.1, -0.05) is 23.7 Å². The molecule has 5 aromatic rings. The number of amides is 1. The number of methoxy groups -OCH3 is 1. The number of ether oxygens (including phenoxy) is 3. The summed E-state index contributed by atoms with van der Waals surface area (Å²) in [6, 6.07) is 20.3. The Morgan fingerprint density at radius 2 is 1.73 bits per heavy atom. The van der Waals surface area contributed by atoms with Crippen molar-refractivity contribution in [2.45, 2.75) is 25.4 Å². The van der Waals surface area contributed by atoms with Crippen LogP contribution in [0.5, 0.6) is 17.2 Å². The lowest BCUT2D eigenvalue weighted by Crippen LogP contribution is -2.42. The molecule has 1 aliphatic rings. The second-order valence-electron chi connectivity index (χ2n) is 9.49. The van der Waals surface area contributed by atoms with Crippen LogP contribution in [-0.4, -0.2) is 51.2 Å². The van der Waals surface area contributed by atoms with Gasteiger partial charge in [0, 0.05) is 34.6 Å². The van der Waals surface area contributed by atoms with E-state index in [0.29, 0.717) is 42.6 Å². The quantitative estimate of drug-likeness (QED) is 0.234. The summed E-state index contributed by atoms with van der Waals surface area (Å²) in [5.74, 6) is 1.90. The van der Waals surface area contributed by atoms with Gasteiger partial charge in [-0.2, -0.15) is 15.0 Å². The number of benzene rings is 3. The van der Waals surface area contributed by atoms with Crippen LogP contribution < -0.4 is 14.2 Å². The molecule has 0 radical (unpaired) electrons. The smallest absolute Gasteiger partial charge is 0.416 e. The molecule has 1 atom stereocenters. The average Bonchev–Trinajstić information content (AvgIpc) is 3.63. The summed E-state index contributed by atoms with van der Waals surface area (Å²) >= 11 is 6.33. The maximum Gasteiger partial charge on any atom is 0.416 e. The number of aryl methyl sites for hydroxylation is 1. The van der Waals surface area contributed by atoms with Crippen molar-refractivity contribution in [3.63, 3.8) is 0 Å². The number of halogens is 1. The molecule has 0 bridgehead atoms. The van der Waals surface area contributed by atoms with Crippen LogP contribution in [0.3, 0.4) is 0 Å². The van der Waals surface area contributed by atoms with Crippen molar-refractivity contribution >= 4 is 28.6 Å². The molecule has 6 rings (SSSR count). The molecule has 0 saturated carbocycles. The minimum atomic E-state index is -0.426. The first-order valence-electron chi connectivity index (χ1n) is 13.1. The fraction of sp³-hybridized carbons (Fsp3) is 0.233. The number of rotatable bonds is 8. The van der Waals surface area contributed by atoms with Crippen LogP contribution in [0.15, 0.2) is 79.1 Å². The summed E-state index contributed by atoms with van der Waals surface area (Å²) in [6.07, 6.45) is 4.36. The lowest BCUT2D eigenvalue weighted by atomic mass is 9.92. The first-order valence-corrected chi connectivity index (χ1v) is 13.5. The molecule has 0 fully saturated rings. The average molecular weight is 558 g/mol. The maximum atomic E-state index is 13.5. The molecule has 1 amide bonds. The predicted octanol–water partition coefficient (Wildman–Crippen LogP) is 6.04. The molecule has 204 valence electrons. The normalized spacial score (nSPS) is 14.7. The van der Waals surface area contributed by atoms with Crippen LogP contribution in [0.25, 0.3) is 10.9 Å². The number of nitrogens with zero attached hydrogens (tertiary/aromatic N) is 4. The van der Waals surface area contributed by atoms with Crippen LogP contribution in [0, 0.1) is 0 Å². The van der Waals surface area contributed by atoms with E-state index in [4.69, 9.17) is 25.8 Å². The SMILES string of the molecule is COc1ccc(OC(=O)N2CCc3c([nH]c4ccc(Cl)cc34)C2c2ccc(OCCCn3nccn3)cc2)cc1. The number of aromatic nitrogens is 4. The largest absolute Gasteiger partial charge is 0.497 e. The minimum absolute atomic E-state index is 0.374. The van der Waals surface area contributed by atoms with Gasteiger partial charge in [-0.05, 0) is 72.1 Å². The molecular formula is C30H28ClN5O4. The standard InChI is InChI=1S/C30H28ClN5O4/c1-38-22-8-10-24(11-9-22)40-30(37)35-17-13-25-26-19-21(31)5-12-27(26)34-28(25)29(35)20-3-6-23(7-4-20)39-18-2-16-36-32-14-15-33-36/h3-12,14-15,19,29,34H,2,13,16-18H2,1H3. The van der Waals surface area contributed by atoms with E-state index in [-0.39, 0.29) is 6.04 Å². The molecule has 1 unspecified atom stereocenters. The Bertz CT molecular complexity index is 1600. The summed E-state index contributed by atoms with van der Waals surface area (Å²) in [4.78, 5) is 20.5. The van der Waals surface area contributed by atoms with E-state index < -0.39 is 6.09 Å². The van der Waals surface area contributed by atoms with Crippen molar-refractivity contribution < 1.29 is 19.0 Å². The van der Waals surface area contributed by atoms with E-state index in [1.165, 1.54) is 0 Å². The van der Waals surface area contributed by atoms with Crippen molar-refractivity contribution in [1.29, 1.82) is 0 Å². The molecule has 0 spiro atoms. The van der Waals surface area contributed by atoms with Crippen molar-refractivity contribution in [3.8, 4) is 17.2 Å². The summed E-state index contributed by atoms with van der Waals surface area (Å²) in [7, 11) is 1.60. The summed E-state index contributed by atoms with van der Waals surface area (Å²) < 4.78 is 17.0. The number of hydrogen-bond donors (Lipinski definition) is 1. The molecule has 2 aromatic heterocycles. The lowest BCUT2D eigenvalue weighted by Gasteiger charge is -2.35. The van der Waals surface area contributed by atoms with E-state index in [1.54, 1.807) is 53.5 Å². The molecule has 1 N–H and O–H groups in total. The molecule has 9 nitrogen and oxygen atoms in total. The molecule has 40 heavy (non-hydrogen) atoms. The zero-order valence-electron chi connectivity index (χ0n) is 21.9. The Balaban J connectivity index is 1.25. The molecule has 1 aliphatic heterocycles. The van der Waals surface area contributed by atoms with Gasteiger partial charge in [-0.25, -0.2) is 4.79 Å². The van der Waals surface area contributed by atoms with E-state index in [0.717, 1.165) is 39.9 Å². The summed E-state index contributed by atoms with van der Waals surface area (Å²) in [5.41, 5.74) is 4.04. The highest BCUT2D eigenvalue weighted by Crippen LogP contribution is 2.40. The Kier molecular flexibility index (Phi) is 7.29. The highest BCUT2D eigenvalue weighted by Gasteiger charge is 2.35. The second kappa shape index (κ2) is 11.3. The van der Waals surface area contributed by atoms with Gasteiger partial charge in [-0.3, -0.25) is 4.90 Å². The number of carbonyl (C=O) groups is 1. The maximum absolute atomic E-state index is 13.5. The topological polar surface area (TPSA) is 94.5 Å². The van der Waals surface area contributed by atoms with Crippen LogP contribution in [0.1, 0.15) is 29.3 Å². The number of H-pyrrole nitrogens is 1. The fourth-order valence-electron chi connectivity index (χ4n) is 5.11. The molecule has 0 aliphatic carbocycles. The Hall–Kier alpha value is -4.50. The van der Waals surface area contributed by atoms with Gasteiger partial charge in [0.15, 0.2) is 0 Å². The van der Waals surface area contributed by atoms with Gasteiger partial charge in [0.05, 0.1) is 32.7 Å². The zero-order valence-corrected chi connectivity index (χ0v) is 22.7. The van der Waals surface area contributed by atoms with Gasteiger partial charge in [-0.15, -0.1) is 0 Å². The van der Waals surface area contributed by atoms with Crippen LogP contribution >= 0.6 is 11.6 Å². The van der Waals surface area contributed by atoms with Gasteiger partial charge >= 0.3 is 6.09 Å². The number of nitrogens with one attached hydrogen (secondary N) is 1. The first-order chi connectivity index (χ1) is 19.6. The van der Waals surface area contributed by atoms with Crippen LogP contribution in [-0.2, 0) is 13.0 Å².